The highest BCUT2D eigenvalue weighted by Crippen LogP contribution is 2.35. The van der Waals surface area contributed by atoms with E-state index in [2.05, 4.69) is 50.0 Å². The highest BCUT2D eigenvalue weighted by atomic mass is 16.2. The van der Waals surface area contributed by atoms with Crippen molar-refractivity contribution in [1.29, 1.82) is 0 Å². The van der Waals surface area contributed by atoms with E-state index in [1.807, 2.05) is 0 Å². The van der Waals surface area contributed by atoms with E-state index in [1.54, 1.807) is 0 Å². The van der Waals surface area contributed by atoms with Gasteiger partial charge in [-0.25, -0.2) is 0 Å². The average Bonchev–Trinajstić information content (AvgIpc) is 3.01. The molecule has 1 N–H and O–H groups in total. The van der Waals surface area contributed by atoms with Crippen LogP contribution in [0, 0.1) is 5.92 Å². The minimum atomic E-state index is -0.362. The molecule has 1 aliphatic carbocycles. The highest BCUT2D eigenvalue weighted by Gasteiger charge is 2.49. The third-order valence-corrected chi connectivity index (χ3v) is 5.43. The molecule has 4 heteroatoms. The van der Waals surface area contributed by atoms with Crippen LogP contribution in [0.2, 0.25) is 0 Å². The lowest BCUT2D eigenvalue weighted by Gasteiger charge is -2.33. The molecule has 0 aromatic carbocycles. The normalized spacial score (nSPS) is 33.4. The number of amides is 1. The van der Waals surface area contributed by atoms with Crippen LogP contribution in [-0.4, -0.2) is 54.1 Å². The summed E-state index contributed by atoms with van der Waals surface area (Å²) in [5, 5.41) is 3.66. The molecule has 20 heavy (non-hydrogen) atoms. The summed E-state index contributed by atoms with van der Waals surface area (Å²) in [7, 11) is 4.17. The number of hydrogen-bond acceptors (Lipinski definition) is 3. The molecule has 2 aliphatic rings. The average molecular weight is 281 g/mol. The Labute approximate surface area is 123 Å². The maximum absolute atomic E-state index is 12.8. The Morgan fingerprint density at radius 2 is 2.00 bits per heavy atom. The first-order valence-corrected chi connectivity index (χ1v) is 8.14. The number of carbonyl (C=O) groups is 1. The third kappa shape index (κ3) is 2.86. The van der Waals surface area contributed by atoms with Crippen LogP contribution in [0.3, 0.4) is 0 Å². The first-order chi connectivity index (χ1) is 9.39. The zero-order chi connectivity index (χ0) is 14.9. The largest absolute Gasteiger partial charge is 0.324 e. The van der Waals surface area contributed by atoms with Crippen molar-refractivity contribution in [3.05, 3.63) is 0 Å². The maximum atomic E-state index is 12.8. The van der Waals surface area contributed by atoms with Crippen molar-refractivity contribution in [1.82, 2.24) is 15.1 Å². The molecule has 1 amide bonds. The summed E-state index contributed by atoms with van der Waals surface area (Å²) in [5.74, 6) is 0.937. The number of nitrogens with zero attached hydrogens (tertiary/aromatic N) is 2. The number of hydrogen-bond donors (Lipinski definition) is 1. The van der Waals surface area contributed by atoms with Crippen molar-refractivity contribution < 1.29 is 4.79 Å². The molecule has 2 rings (SSSR count). The molecule has 3 atom stereocenters. The molecule has 1 saturated carbocycles. The van der Waals surface area contributed by atoms with Gasteiger partial charge in [0.2, 0.25) is 5.91 Å². The smallest absolute Gasteiger partial charge is 0.243 e. The zero-order valence-corrected chi connectivity index (χ0v) is 13.8. The summed E-state index contributed by atoms with van der Waals surface area (Å²) in [6.45, 7) is 7.20. The van der Waals surface area contributed by atoms with E-state index in [9.17, 15) is 4.79 Å². The van der Waals surface area contributed by atoms with Gasteiger partial charge in [0.25, 0.3) is 0 Å². The Morgan fingerprint density at radius 1 is 1.40 bits per heavy atom. The molecular weight excluding hydrogens is 250 g/mol. The second kappa shape index (κ2) is 6.02. The van der Waals surface area contributed by atoms with Gasteiger partial charge in [-0.05, 0) is 53.1 Å². The second-order valence-electron chi connectivity index (χ2n) is 7.09. The van der Waals surface area contributed by atoms with Crippen molar-refractivity contribution in [2.45, 2.75) is 70.6 Å². The van der Waals surface area contributed by atoms with Crippen molar-refractivity contribution in [2.24, 2.45) is 5.92 Å². The second-order valence-corrected chi connectivity index (χ2v) is 7.09. The highest BCUT2D eigenvalue weighted by molar-refractivity contribution is 5.88. The predicted molar refractivity (Wildman–Crippen MR) is 82.4 cm³/mol. The minimum absolute atomic E-state index is 0.248. The Kier molecular flexibility index (Phi) is 4.75. The summed E-state index contributed by atoms with van der Waals surface area (Å²) < 4.78 is 0. The quantitative estimate of drug-likeness (QED) is 0.838. The van der Waals surface area contributed by atoms with Crippen LogP contribution in [0.5, 0.6) is 0 Å². The van der Waals surface area contributed by atoms with Gasteiger partial charge >= 0.3 is 0 Å². The van der Waals surface area contributed by atoms with E-state index in [-0.39, 0.29) is 11.7 Å². The molecule has 0 spiro atoms. The number of carbonyl (C=O) groups excluding carboxylic acids is 1. The van der Waals surface area contributed by atoms with E-state index in [1.165, 1.54) is 25.7 Å². The van der Waals surface area contributed by atoms with Crippen molar-refractivity contribution in [2.75, 3.05) is 20.6 Å². The summed E-state index contributed by atoms with van der Waals surface area (Å²) >= 11 is 0. The Bertz CT molecular complexity index is 352. The van der Waals surface area contributed by atoms with Crippen LogP contribution in [0.15, 0.2) is 0 Å². The third-order valence-electron chi connectivity index (χ3n) is 5.43. The van der Waals surface area contributed by atoms with Gasteiger partial charge in [0.05, 0.1) is 11.7 Å². The first kappa shape index (κ1) is 15.8. The lowest BCUT2D eigenvalue weighted by Crippen LogP contribution is -2.47. The molecule has 1 aliphatic heterocycles. The van der Waals surface area contributed by atoms with E-state index in [0.29, 0.717) is 17.9 Å². The molecule has 0 bridgehead atoms. The fourth-order valence-electron chi connectivity index (χ4n) is 3.45. The van der Waals surface area contributed by atoms with Gasteiger partial charge in [0.1, 0.15) is 0 Å². The summed E-state index contributed by atoms with van der Waals surface area (Å²) in [4.78, 5) is 17.2. The lowest BCUT2D eigenvalue weighted by molar-refractivity contribution is -0.134. The first-order valence-electron chi connectivity index (χ1n) is 8.14. The monoisotopic (exact) mass is 281 g/mol. The number of rotatable bonds is 5. The van der Waals surface area contributed by atoms with Crippen LogP contribution in [0.4, 0.5) is 0 Å². The van der Waals surface area contributed by atoms with E-state index in [0.717, 1.165) is 13.0 Å². The molecule has 0 radical (unpaired) electrons. The summed E-state index contributed by atoms with van der Waals surface area (Å²) in [5.41, 5.74) is -0.362. The van der Waals surface area contributed by atoms with Gasteiger partial charge in [-0.3, -0.25) is 10.1 Å². The van der Waals surface area contributed by atoms with Gasteiger partial charge in [0.15, 0.2) is 0 Å². The van der Waals surface area contributed by atoms with Crippen molar-refractivity contribution in [3.63, 3.8) is 0 Å². The van der Waals surface area contributed by atoms with Crippen LogP contribution >= 0.6 is 0 Å². The molecule has 0 aromatic rings. The maximum Gasteiger partial charge on any atom is 0.243 e. The fourth-order valence-corrected chi connectivity index (χ4v) is 3.45. The van der Waals surface area contributed by atoms with E-state index >= 15 is 0 Å². The van der Waals surface area contributed by atoms with Gasteiger partial charge in [-0.15, -0.1) is 0 Å². The van der Waals surface area contributed by atoms with Crippen molar-refractivity contribution in [3.8, 4) is 0 Å². The molecule has 4 nitrogen and oxygen atoms in total. The molecule has 0 aromatic heterocycles. The van der Waals surface area contributed by atoms with Crippen LogP contribution in [-0.2, 0) is 4.79 Å². The van der Waals surface area contributed by atoms with Crippen molar-refractivity contribution >= 4 is 5.91 Å². The lowest BCUT2D eigenvalue weighted by atomic mass is 9.99. The summed E-state index contributed by atoms with van der Waals surface area (Å²) in [6.07, 6.45) is 6.27. The molecule has 1 saturated heterocycles. The minimum Gasteiger partial charge on any atom is -0.324 e. The van der Waals surface area contributed by atoms with Gasteiger partial charge < -0.3 is 9.80 Å². The topological polar surface area (TPSA) is 35.6 Å². The van der Waals surface area contributed by atoms with Crippen LogP contribution in [0.1, 0.15) is 52.9 Å². The number of likely N-dealkylation sites (N-methyl/N-ethyl adjacent to an activating group) is 1. The molecule has 1 heterocycles. The van der Waals surface area contributed by atoms with Crippen LogP contribution < -0.4 is 5.32 Å². The SMILES string of the molecule is CCC1(C)NC(C2CCCC2)N(CC(C)N(C)C)C1=O. The van der Waals surface area contributed by atoms with E-state index < -0.39 is 0 Å². The van der Waals surface area contributed by atoms with E-state index in [4.69, 9.17) is 0 Å². The predicted octanol–water partition coefficient (Wildman–Crippen LogP) is 2.05. The Morgan fingerprint density at radius 3 is 2.50 bits per heavy atom. The fraction of sp³-hybridized carbons (Fsp3) is 0.938. The molecule has 3 unspecified atom stereocenters. The molecular formula is C16H31N3O. The molecule has 116 valence electrons. The standard InChI is InChI=1S/C16H31N3O/c1-6-16(3)15(20)19(11-12(2)18(4)5)14(17-16)13-9-7-8-10-13/h12-14,17H,6-11H2,1-5H3. The van der Waals surface area contributed by atoms with Gasteiger partial charge in [-0.1, -0.05) is 19.8 Å². The zero-order valence-electron chi connectivity index (χ0n) is 13.8. The Hall–Kier alpha value is -0.610. The number of nitrogens with one attached hydrogen (secondary N) is 1. The molecule has 2 fully saturated rings. The van der Waals surface area contributed by atoms with Crippen LogP contribution in [0.25, 0.3) is 0 Å². The van der Waals surface area contributed by atoms with Gasteiger partial charge in [-0.2, -0.15) is 0 Å². The van der Waals surface area contributed by atoms with Gasteiger partial charge in [0, 0.05) is 12.6 Å². The summed E-state index contributed by atoms with van der Waals surface area (Å²) in [6, 6.07) is 0.392. The Balaban J connectivity index is 2.16.